The van der Waals surface area contributed by atoms with Crippen LogP contribution >= 0.6 is 11.6 Å². The molecule has 1 atom stereocenters. The lowest BCUT2D eigenvalue weighted by atomic mass is 10.1. The summed E-state index contributed by atoms with van der Waals surface area (Å²) < 4.78 is 21.7. The fraction of sp³-hybridized carbons (Fsp3) is 0.409. The van der Waals surface area contributed by atoms with Gasteiger partial charge >= 0.3 is 6.09 Å². The molecule has 0 radical (unpaired) electrons. The molecule has 1 unspecified atom stereocenters. The highest BCUT2D eigenvalue weighted by molar-refractivity contribution is 6.31. The first-order chi connectivity index (χ1) is 13.2. The van der Waals surface area contributed by atoms with Crippen LogP contribution in [0.15, 0.2) is 36.4 Å². The molecule has 4 rings (SSSR count). The Morgan fingerprint density at radius 1 is 1.14 bits per heavy atom. The minimum absolute atomic E-state index is 0.0907. The van der Waals surface area contributed by atoms with Crippen LogP contribution in [0.2, 0.25) is 5.02 Å². The van der Waals surface area contributed by atoms with E-state index in [1.165, 1.54) is 6.07 Å². The van der Waals surface area contributed by atoms with Gasteiger partial charge in [0.15, 0.2) is 0 Å². The number of rotatable bonds is 1. The average Bonchev–Trinajstić information content (AvgIpc) is 2.93. The number of hydrogen-bond acceptors (Lipinski definition) is 2. The van der Waals surface area contributed by atoms with Crippen molar-refractivity contribution in [3.8, 4) is 0 Å². The lowest BCUT2D eigenvalue weighted by Crippen LogP contribution is -2.43. The summed E-state index contributed by atoms with van der Waals surface area (Å²) in [6, 6.07) is 10.6. The van der Waals surface area contributed by atoms with Gasteiger partial charge in [-0.3, -0.25) is 0 Å². The van der Waals surface area contributed by atoms with E-state index in [1.54, 1.807) is 11.0 Å². The lowest BCUT2D eigenvalue weighted by molar-refractivity contribution is 0.0176. The van der Waals surface area contributed by atoms with E-state index in [4.69, 9.17) is 16.3 Å². The Morgan fingerprint density at radius 3 is 2.54 bits per heavy atom. The van der Waals surface area contributed by atoms with Crippen molar-refractivity contribution in [3.63, 3.8) is 0 Å². The van der Waals surface area contributed by atoms with Gasteiger partial charge in [0, 0.05) is 39.9 Å². The number of benzene rings is 2. The molecule has 0 N–H and O–H groups in total. The van der Waals surface area contributed by atoms with Crippen LogP contribution < -0.4 is 0 Å². The Labute approximate surface area is 168 Å². The Hall–Kier alpha value is -2.27. The summed E-state index contributed by atoms with van der Waals surface area (Å²) in [6.07, 6.45) is 1.55. The minimum atomic E-state index is -0.523. The van der Waals surface area contributed by atoms with Crippen LogP contribution in [0.3, 0.4) is 0 Å². The van der Waals surface area contributed by atoms with Crippen molar-refractivity contribution >= 4 is 39.5 Å². The molecule has 0 spiro atoms. The molecule has 0 saturated carbocycles. The van der Waals surface area contributed by atoms with Crippen molar-refractivity contribution in [2.24, 2.45) is 0 Å². The van der Waals surface area contributed by atoms with E-state index in [0.717, 1.165) is 34.6 Å². The van der Waals surface area contributed by atoms with Gasteiger partial charge in [-0.2, -0.15) is 0 Å². The molecule has 2 heterocycles. The van der Waals surface area contributed by atoms with Crippen LogP contribution in [0.5, 0.6) is 0 Å². The molecule has 1 aromatic heterocycles. The van der Waals surface area contributed by atoms with E-state index in [9.17, 15) is 9.18 Å². The molecule has 1 amide bonds. The number of ether oxygens (including phenoxy) is 1. The van der Waals surface area contributed by atoms with Crippen LogP contribution in [-0.4, -0.2) is 34.3 Å². The fourth-order valence-corrected chi connectivity index (χ4v) is 4.22. The maximum atomic E-state index is 13.9. The molecule has 6 heteroatoms. The van der Waals surface area contributed by atoms with Gasteiger partial charge in [0.2, 0.25) is 0 Å². The summed E-state index contributed by atoms with van der Waals surface area (Å²) in [7, 11) is 0. The van der Waals surface area contributed by atoms with Crippen molar-refractivity contribution < 1.29 is 13.9 Å². The van der Waals surface area contributed by atoms with Gasteiger partial charge in [0.05, 0.1) is 6.04 Å². The smallest absolute Gasteiger partial charge is 0.410 e. The third-order valence-electron chi connectivity index (χ3n) is 5.14. The summed E-state index contributed by atoms with van der Waals surface area (Å²) in [5, 5.41) is 2.39. The molecule has 0 aliphatic carbocycles. The summed E-state index contributed by atoms with van der Waals surface area (Å²) in [6.45, 7) is 6.86. The second-order valence-corrected chi connectivity index (χ2v) is 8.85. The monoisotopic (exact) mass is 402 g/mol. The first-order valence-electron chi connectivity index (χ1n) is 9.59. The number of nitrogens with zero attached hydrogens (tertiary/aromatic N) is 2. The standard InChI is InChI=1S/C22H24ClFN2O2/c1-22(2,3)28-21(27)25-10-4-5-16(13-25)26-19-8-6-14(23)11-17(19)18-12-15(24)7-9-20(18)26/h6-9,11-12,16H,4-5,10,13H2,1-3H3. The molecular formula is C22H24ClFN2O2. The van der Waals surface area contributed by atoms with Gasteiger partial charge in [-0.1, -0.05) is 11.6 Å². The van der Waals surface area contributed by atoms with Crippen LogP contribution in [-0.2, 0) is 4.74 Å². The maximum absolute atomic E-state index is 13.9. The Bertz CT molecular complexity index is 995. The number of amides is 1. The van der Waals surface area contributed by atoms with E-state index in [1.807, 2.05) is 45.0 Å². The zero-order valence-electron chi connectivity index (χ0n) is 16.3. The molecule has 148 valence electrons. The molecule has 0 bridgehead atoms. The second kappa shape index (κ2) is 6.96. The van der Waals surface area contributed by atoms with Crippen molar-refractivity contribution in [2.75, 3.05) is 13.1 Å². The van der Waals surface area contributed by atoms with Crippen molar-refractivity contribution in [1.29, 1.82) is 0 Å². The minimum Gasteiger partial charge on any atom is -0.444 e. The Morgan fingerprint density at radius 2 is 1.82 bits per heavy atom. The van der Waals surface area contributed by atoms with Crippen LogP contribution in [0.25, 0.3) is 21.8 Å². The van der Waals surface area contributed by atoms with Gasteiger partial charge in [-0.15, -0.1) is 0 Å². The van der Waals surface area contributed by atoms with Gasteiger partial charge in [-0.25, -0.2) is 9.18 Å². The molecule has 28 heavy (non-hydrogen) atoms. The molecule has 1 aliphatic heterocycles. The summed E-state index contributed by atoms with van der Waals surface area (Å²) in [4.78, 5) is 14.3. The van der Waals surface area contributed by atoms with Gasteiger partial charge in [0.1, 0.15) is 11.4 Å². The van der Waals surface area contributed by atoms with Crippen molar-refractivity contribution in [2.45, 2.75) is 45.3 Å². The quantitative estimate of drug-likeness (QED) is 0.488. The van der Waals surface area contributed by atoms with E-state index in [2.05, 4.69) is 4.57 Å². The molecule has 4 nitrogen and oxygen atoms in total. The predicted octanol–water partition coefficient (Wildman–Crippen LogP) is 6.16. The van der Waals surface area contributed by atoms with Crippen LogP contribution in [0.1, 0.15) is 39.7 Å². The summed E-state index contributed by atoms with van der Waals surface area (Å²) in [5.41, 5.74) is 1.43. The van der Waals surface area contributed by atoms with E-state index < -0.39 is 5.60 Å². The Balaban J connectivity index is 1.76. The lowest BCUT2D eigenvalue weighted by Gasteiger charge is -2.35. The third-order valence-corrected chi connectivity index (χ3v) is 5.37. The first-order valence-corrected chi connectivity index (χ1v) is 9.97. The number of aromatic nitrogens is 1. The zero-order valence-corrected chi connectivity index (χ0v) is 17.1. The number of fused-ring (bicyclic) bond motifs is 3. The molecule has 1 saturated heterocycles. The number of piperidine rings is 1. The van der Waals surface area contributed by atoms with E-state index >= 15 is 0 Å². The highest BCUT2D eigenvalue weighted by atomic mass is 35.5. The molecule has 1 fully saturated rings. The number of likely N-dealkylation sites (tertiary alicyclic amines) is 1. The number of halogens is 2. The molecule has 1 aliphatic rings. The first kappa shape index (κ1) is 19.1. The highest BCUT2D eigenvalue weighted by Crippen LogP contribution is 2.36. The Kier molecular flexibility index (Phi) is 4.74. The van der Waals surface area contributed by atoms with Gasteiger partial charge < -0.3 is 14.2 Å². The number of hydrogen-bond donors (Lipinski definition) is 0. The second-order valence-electron chi connectivity index (χ2n) is 8.42. The molecule has 2 aromatic carbocycles. The van der Waals surface area contributed by atoms with E-state index in [0.29, 0.717) is 18.1 Å². The normalized spacial score (nSPS) is 18.0. The van der Waals surface area contributed by atoms with Crippen molar-refractivity contribution in [3.05, 3.63) is 47.2 Å². The number of carbonyl (C=O) groups is 1. The summed E-state index contributed by atoms with van der Waals surface area (Å²) >= 11 is 6.21. The van der Waals surface area contributed by atoms with Gasteiger partial charge in [0.25, 0.3) is 0 Å². The zero-order chi connectivity index (χ0) is 20.1. The van der Waals surface area contributed by atoms with Crippen LogP contribution in [0, 0.1) is 5.82 Å². The SMILES string of the molecule is CC(C)(C)OC(=O)N1CCCC(n2c3ccc(F)cc3c3cc(Cl)ccc32)C1. The molecular weight excluding hydrogens is 379 g/mol. The third kappa shape index (κ3) is 3.55. The topological polar surface area (TPSA) is 34.5 Å². The average molecular weight is 403 g/mol. The maximum Gasteiger partial charge on any atom is 0.410 e. The largest absolute Gasteiger partial charge is 0.444 e. The van der Waals surface area contributed by atoms with E-state index in [-0.39, 0.29) is 18.0 Å². The summed E-state index contributed by atoms with van der Waals surface area (Å²) in [5.74, 6) is -0.273. The highest BCUT2D eigenvalue weighted by Gasteiger charge is 2.30. The predicted molar refractivity (Wildman–Crippen MR) is 110 cm³/mol. The number of carbonyl (C=O) groups excluding carboxylic acids is 1. The molecule has 3 aromatic rings. The fourth-order valence-electron chi connectivity index (χ4n) is 4.05. The van der Waals surface area contributed by atoms with Crippen LogP contribution in [0.4, 0.5) is 9.18 Å². The van der Waals surface area contributed by atoms with Crippen molar-refractivity contribution in [1.82, 2.24) is 9.47 Å². The van der Waals surface area contributed by atoms with Gasteiger partial charge in [-0.05, 0) is 70.0 Å².